The van der Waals surface area contributed by atoms with Gasteiger partial charge in [0.25, 0.3) is 0 Å². The summed E-state index contributed by atoms with van der Waals surface area (Å²) in [6.07, 6.45) is -0.434. The Morgan fingerprint density at radius 1 is 0.818 bits per heavy atom. The quantitative estimate of drug-likeness (QED) is 0.817. The minimum absolute atomic E-state index is 0.217. The normalized spacial score (nSPS) is 10.4. The number of para-hydroxylation sites is 1. The second-order valence-corrected chi connectivity index (χ2v) is 4.88. The number of carboxylic acids is 2. The summed E-state index contributed by atoms with van der Waals surface area (Å²) in [7, 11) is 0. The summed E-state index contributed by atoms with van der Waals surface area (Å²) in [5.41, 5.74) is 0.671. The van der Waals surface area contributed by atoms with Gasteiger partial charge in [0, 0.05) is 5.92 Å². The Labute approximate surface area is 127 Å². The molecule has 0 aliphatic carbocycles. The van der Waals surface area contributed by atoms with Crippen molar-refractivity contribution < 1.29 is 24.5 Å². The van der Waals surface area contributed by atoms with Crippen LogP contribution in [0.15, 0.2) is 54.6 Å². The van der Waals surface area contributed by atoms with Crippen LogP contribution in [0.2, 0.25) is 0 Å². The standard InChI is InChI=1S/C17H16O5/c18-16(19)10-13(11-17(20)21)12-6-8-15(9-7-12)22-14-4-2-1-3-5-14/h1-9,13H,10-11H2,(H,18,19)(H,20,21). The molecule has 0 radical (unpaired) electrons. The third-order valence-electron chi connectivity index (χ3n) is 3.17. The minimum Gasteiger partial charge on any atom is -0.481 e. The smallest absolute Gasteiger partial charge is 0.303 e. The average molecular weight is 300 g/mol. The van der Waals surface area contributed by atoms with Gasteiger partial charge in [-0.2, -0.15) is 0 Å². The minimum atomic E-state index is -1.02. The number of carboxylic acid groups (broad SMARTS) is 2. The first-order valence-corrected chi connectivity index (χ1v) is 6.81. The SMILES string of the molecule is O=C(O)CC(CC(=O)O)c1ccc(Oc2ccccc2)cc1. The van der Waals surface area contributed by atoms with Crippen molar-refractivity contribution in [3.05, 3.63) is 60.2 Å². The van der Waals surface area contributed by atoms with Gasteiger partial charge in [0.1, 0.15) is 11.5 Å². The fourth-order valence-electron chi connectivity index (χ4n) is 2.16. The van der Waals surface area contributed by atoms with E-state index in [0.29, 0.717) is 17.1 Å². The molecule has 5 heteroatoms. The van der Waals surface area contributed by atoms with Crippen LogP contribution in [-0.2, 0) is 9.59 Å². The van der Waals surface area contributed by atoms with E-state index in [2.05, 4.69) is 0 Å². The van der Waals surface area contributed by atoms with Gasteiger partial charge in [-0.25, -0.2) is 0 Å². The van der Waals surface area contributed by atoms with Crippen LogP contribution in [0.1, 0.15) is 24.3 Å². The molecule has 0 atom stereocenters. The van der Waals surface area contributed by atoms with Crippen molar-refractivity contribution >= 4 is 11.9 Å². The van der Waals surface area contributed by atoms with Gasteiger partial charge >= 0.3 is 11.9 Å². The highest BCUT2D eigenvalue weighted by Crippen LogP contribution is 2.27. The summed E-state index contributed by atoms with van der Waals surface area (Å²) in [6.45, 7) is 0. The van der Waals surface area contributed by atoms with E-state index in [1.165, 1.54) is 0 Å². The van der Waals surface area contributed by atoms with Crippen molar-refractivity contribution in [3.8, 4) is 11.5 Å². The number of ether oxygens (including phenoxy) is 1. The third-order valence-corrected chi connectivity index (χ3v) is 3.17. The molecular formula is C17H16O5. The fourth-order valence-corrected chi connectivity index (χ4v) is 2.16. The monoisotopic (exact) mass is 300 g/mol. The lowest BCUT2D eigenvalue weighted by Gasteiger charge is -2.13. The molecule has 2 N–H and O–H groups in total. The van der Waals surface area contributed by atoms with Crippen molar-refractivity contribution in [3.63, 3.8) is 0 Å². The predicted molar refractivity (Wildman–Crippen MR) is 80.2 cm³/mol. The van der Waals surface area contributed by atoms with Crippen molar-refractivity contribution in [1.29, 1.82) is 0 Å². The zero-order valence-corrected chi connectivity index (χ0v) is 11.8. The highest BCUT2D eigenvalue weighted by atomic mass is 16.5. The van der Waals surface area contributed by atoms with Crippen molar-refractivity contribution in [2.45, 2.75) is 18.8 Å². The first-order valence-electron chi connectivity index (χ1n) is 6.81. The summed E-state index contributed by atoms with van der Waals surface area (Å²) in [4.78, 5) is 21.7. The summed E-state index contributed by atoms with van der Waals surface area (Å²) >= 11 is 0. The van der Waals surface area contributed by atoms with Crippen LogP contribution in [0.4, 0.5) is 0 Å². The van der Waals surface area contributed by atoms with E-state index in [4.69, 9.17) is 14.9 Å². The second-order valence-electron chi connectivity index (χ2n) is 4.88. The summed E-state index contributed by atoms with van der Waals surface area (Å²) in [6, 6.07) is 16.1. The molecule has 0 spiro atoms. The number of rotatable bonds is 7. The Balaban J connectivity index is 2.11. The molecule has 0 aromatic heterocycles. The van der Waals surface area contributed by atoms with Gasteiger partial charge in [-0.1, -0.05) is 30.3 Å². The maximum Gasteiger partial charge on any atom is 0.303 e. The van der Waals surface area contributed by atoms with Crippen molar-refractivity contribution in [2.24, 2.45) is 0 Å². The molecule has 114 valence electrons. The van der Waals surface area contributed by atoms with Crippen LogP contribution >= 0.6 is 0 Å². The molecule has 22 heavy (non-hydrogen) atoms. The molecule has 0 saturated carbocycles. The van der Waals surface area contributed by atoms with Gasteiger partial charge in [-0.05, 0) is 29.8 Å². The molecule has 0 fully saturated rings. The molecule has 0 aliphatic heterocycles. The fraction of sp³-hybridized carbons (Fsp3) is 0.176. The molecule has 0 aliphatic rings. The molecule has 2 rings (SSSR count). The number of carbonyl (C=O) groups is 2. The van der Waals surface area contributed by atoms with Crippen LogP contribution < -0.4 is 4.74 Å². The summed E-state index contributed by atoms with van der Waals surface area (Å²) < 4.78 is 5.64. The Morgan fingerprint density at radius 2 is 1.32 bits per heavy atom. The first-order chi connectivity index (χ1) is 10.5. The Kier molecular flexibility index (Phi) is 5.14. The Hall–Kier alpha value is -2.82. The van der Waals surface area contributed by atoms with Crippen LogP contribution in [0, 0.1) is 0 Å². The van der Waals surface area contributed by atoms with Crippen LogP contribution in [0.5, 0.6) is 11.5 Å². The zero-order chi connectivity index (χ0) is 15.9. The van der Waals surface area contributed by atoms with E-state index in [-0.39, 0.29) is 12.8 Å². The van der Waals surface area contributed by atoms with Gasteiger partial charge in [0.05, 0.1) is 12.8 Å². The molecule has 0 bridgehead atoms. The lowest BCUT2D eigenvalue weighted by Crippen LogP contribution is -2.11. The third kappa shape index (κ3) is 4.63. The van der Waals surface area contributed by atoms with Crippen LogP contribution in [0.25, 0.3) is 0 Å². The van der Waals surface area contributed by atoms with E-state index >= 15 is 0 Å². The van der Waals surface area contributed by atoms with Gasteiger partial charge in [-0.15, -0.1) is 0 Å². The number of hydrogen-bond acceptors (Lipinski definition) is 3. The van der Waals surface area contributed by atoms with E-state index in [9.17, 15) is 9.59 Å². The first kappa shape index (κ1) is 15.6. The molecule has 5 nitrogen and oxygen atoms in total. The summed E-state index contributed by atoms with van der Waals surface area (Å²) in [5.74, 6) is -1.28. The lowest BCUT2D eigenvalue weighted by atomic mass is 9.92. The van der Waals surface area contributed by atoms with Gasteiger partial charge in [-0.3, -0.25) is 9.59 Å². The molecule has 0 heterocycles. The van der Waals surface area contributed by atoms with Gasteiger partial charge < -0.3 is 14.9 Å². The highest BCUT2D eigenvalue weighted by Gasteiger charge is 2.19. The topological polar surface area (TPSA) is 83.8 Å². The molecular weight excluding hydrogens is 284 g/mol. The Morgan fingerprint density at radius 3 is 1.82 bits per heavy atom. The van der Waals surface area contributed by atoms with E-state index in [1.807, 2.05) is 30.3 Å². The second kappa shape index (κ2) is 7.26. The number of benzene rings is 2. The van der Waals surface area contributed by atoms with Crippen molar-refractivity contribution in [2.75, 3.05) is 0 Å². The zero-order valence-electron chi connectivity index (χ0n) is 11.8. The highest BCUT2D eigenvalue weighted by molar-refractivity contribution is 5.72. The van der Waals surface area contributed by atoms with E-state index in [1.54, 1.807) is 24.3 Å². The number of hydrogen-bond donors (Lipinski definition) is 2. The van der Waals surface area contributed by atoms with Crippen molar-refractivity contribution in [1.82, 2.24) is 0 Å². The maximum atomic E-state index is 10.9. The van der Waals surface area contributed by atoms with Gasteiger partial charge in [0.15, 0.2) is 0 Å². The number of aliphatic carboxylic acids is 2. The predicted octanol–water partition coefficient (Wildman–Crippen LogP) is 3.51. The molecule has 0 unspecified atom stereocenters. The van der Waals surface area contributed by atoms with Crippen LogP contribution in [-0.4, -0.2) is 22.2 Å². The molecule has 0 saturated heterocycles. The summed E-state index contributed by atoms with van der Waals surface area (Å²) in [5, 5.41) is 17.8. The largest absolute Gasteiger partial charge is 0.481 e. The average Bonchev–Trinajstić information content (AvgIpc) is 2.47. The lowest BCUT2D eigenvalue weighted by molar-refractivity contribution is -0.139. The molecule has 2 aromatic carbocycles. The van der Waals surface area contributed by atoms with E-state index in [0.717, 1.165) is 0 Å². The Bertz CT molecular complexity index is 618. The molecule has 2 aromatic rings. The van der Waals surface area contributed by atoms with E-state index < -0.39 is 17.9 Å². The van der Waals surface area contributed by atoms with Crippen LogP contribution in [0.3, 0.4) is 0 Å². The molecule has 0 amide bonds. The maximum absolute atomic E-state index is 10.9. The van der Waals surface area contributed by atoms with Gasteiger partial charge in [0.2, 0.25) is 0 Å².